The summed E-state index contributed by atoms with van der Waals surface area (Å²) in [7, 11) is 1.55. The first-order chi connectivity index (χ1) is 10.5. The second kappa shape index (κ2) is 5.36. The molecule has 0 saturated carbocycles. The van der Waals surface area contributed by atoms with Crippen LogP contribution in [0.1, 0.15) is 22.5 Å². The number of rotatable bonds is 3. The Hall–Kier alpha value is -2.50. The van der Waals surface area contributed by atoms with Crippen molar-refractivity contribution >= 4 is 22.8 Å². The molecular formula is C16H17NO5. The highest BCUT2D eigenvalue weighted by Gasteiger charge is 2.33. The Morgan fingerprint density at radius 3 is 2.82 bits per heavy atom. The average molecular weight is 303 g/mol. The van der Waals surface area contributed by atoms with E-state index in [0.29, 0.717) is 24.3 Å². The first-order valence-electron chi connectivity index (χ1n) is 7.11. The van der Waals surface area contributed by atoms with Crippen LogP contribution in [-0.4, -0.2) is 42.1 Å². The van der Waals surface area contributed by atoms with E-state index in [-0.39, 0.29) is 18.2 Å². The second-order valence-corrected chi connectivity index (χ2v) is 5.47. The van der Waals surface area contributed by atoms with Gasteiger partial charge in [0.05, 0.1) is 13.0 Å². The molecule has 2 aromatic rings. The maximum Gasteiger partial charge on any atom is 0.308 e. The number of fused-ring (bicyclic) bond motifs is 1. The van der Waals surface area contributed by atoms with Crippen molar-refractivity contribution in [2.45, 2.75) is 13.3 Å². The minimum Gasteiger partial charge on any atom is -0.493 e. The molecule has 1 unspecified atom stereocenters. The number of carbonyl (C=O) groups excluding carboxylic acids is 1. The SMILES string of the molecule is COc1cccc2c(C)c(C(=O)N3CCC(C(=O)O)C3)oc12. The van der Waals surface area contributed by atoms with Crippen molar-refractivity contribution in [3.8, 4) is 5.75 Å². The molecule has 2 heterocycles. The largest absolute Gasteiger partial charge is 0.493 e. The summed E-state index contributed by atoms with van der Waals surface area (Å²) >= 11 is 0. The van der Waals surface area contributed by atoms with Gasteiger partial charge in [0.2, 0.25) is 0 Å². The highest BCUT2D eigenvalue weighted by atomic mass is 16.5. The van der Waals surface area contributed by atoms with E-state index in [1.54, 1.807) is 13.2 Å². The Balaban J connectivity index is 1.95. The number of ether oxygens (including phenoxy) is 1. The van der Waals surface area contributed by atoms with Crippen LogP contribution in [0.15, 0.2) is 22.6 Å². The molecule has 1 atom stereocenters. The number of para-hydroxylation sites is 1. The number of furan rings is 1. The van der Waals surface area contributed by atoms with Gasteiger partial charge >= 0.3 is 5.97 Å². The first-order valence-corrected chi connectivity index (χ1v) is 7.11. The van der Waals surface area contributed by atoms with Crippen LogP contribution in [-0.2, 0) is 4.79 Å². The predicted octanol–water partition coefficient (Wildman–Crippen LogP) is 2.30. The zero-order chi connectivity index (χ0) is 15.9. The summed E-state index contributed by atoms with van der Waals surface area (Å²) in [5.41, 5.74) is 1.29. The van der Waals surface area contributed by atoms with Gasteiger partial charge in [0, 0.05) is 24.0 Å². The fourth-order valence-corrected chi connectivity index (χ4v) is 2.87. The minimum absolute atomic E-state index is 0.224. The van der Waals surface area contributed by atoms with E-state index in [1.807, 2.05) is 19.1 Å². The van der Waals surface area contributed by atoms with Crippen molar-refractivity contribution in [1.82, 2.24) is 4.90 Å². The van der Waals surface area contributed by atoms with Crippen LogP contribution in [0, 0.1) is 12.8 Å². The van der Waals surface area contributed by atoms with Crippen LogP contribution in [0.2, 0.25) is 0 Å². The number of methoxy groups -OCH3 is 1. The molecule has 3 rings (SSSR count). The summed E-state index contributed by atoms with van der Waals surface area (Å²) in [6, 6.07) is 5.49. The summed E-state index contributed by atoms with van der Waals surface area (Å²) in [6.07, 6.45) is 0.476. The first kappa shape index (κ1) is 14.4. The molecule has 1 aromatic heterocycles. The zero-order valence-corrected chi connectivity index (χ0v) is 12.5. The number of carboxylic acids is 1. The molecule has 1 aliphatic heterocycles. The molecular weight excluding hydrogens is 286 g/mol. The van der Waals surface area contributed by atoms with E-state index >= 15 is 0 Å². The van der Waals surface area contributed by atoms with E-state index in [0.717, 1.165) is 10.9 Å². The number of aryl methyl sites for hydroxylation is 1. The van der Waals surface area contributed by atoms with E-state index in [9.17, 15) is 9.59 Å². The molecule has 1 saturated heterocycles. The van der Waals surface area contributed by atoms with Crippen molar-refractivity contribution in [1.29, 1.82) is 0 Å². The topological polar surface area (TPSA) is 80.0 Å². The van der Waals surface area contributed by atoms with Gasteiger partial charge in [0.25, 0.3) is 5.91 Å². The number of benzene rings is 1. The highest BCUT2D eigenvalue weighted by Crippen LogP contribution is 2.33. The van der Waals surface area contributed by atoms with Crippen molar-refractivity contribution in [3.05, 3.63) is 29.5 Å². The lowest BCUT2D eigenvalue weighted by Crippen LogP contribution is -2.30. The van der Waals surface area contributed by atoms with Gasteiger partial charge in [-0.15, -0.1) is 0 Å². The molecule has 6 nitrogen and oxygen atoms in total. The van der Waals surface area contributed by atoms with Crippen LogP contribution < -0.4 is 4.74 Å². The zero-order valence-electron chi connectivity index (χ0n) is 12.5. The smallest absolute Gasteiger partial charge is 0.308 e. The van der Waals surface area contributed by atoms with Crippen LogP contribution in [0.4, 0.5) is 0 Å². The molecule has 0 radical (unpaired) electrons. The quantitative estimate of drug-likeness (QED) is 0.941. The van der Waals surface area contributed by atoms with Gasteiger partial charge < -0.3 is 19.2 Å². The van der Waals surface area contributed by atoms with Gasteiger partial charge in [0.1, 0.15) is 0 Å². The van der Waals surface area contributed by atoms with Crippen LogP contribution in [0.25, 0.3) is 11.0 Å². The molecule has 116 valence electrons. The minimum atomic E-state index is -0.863. The van der Waals surface area contributed by atoms with Crippen molar-refractivity contribution in [2.24, 2.45) is 5.92 Å². The lowest BCUT2D eigenvalue weighted by Gasteiger charge is -2.14. The molecule has 6 heteroatoms. The third kappa shape index (κ3) is 2.20. The molecule has 0 spiro atoms. The summed E-state index contributed by atoms with van der Waals surface area (Å²) in [4.78, 5) is 25.2. The van der Waals surface area contributed by atoms with Crippen molar-refractivity contribution < 1.29 is 23.8 Å². The standard InChI is InChI=1S/C16H17NO5/c1-9-11-4-3-5-12(21-2)14(11)22-13(9)15(18)17-7-6-10(8-17)16(19)20/h3-5,10H,6-8H2,1-2H3,(H,19,20). The molecule has 22 heavy (non-hydrogen) atoms. The Kier molecular flexibility index (Phi) is 3.52. The Morgan fingerprint density at radius 1 is 1.41 bits per heavy atom. The van der Waals surface area contributed by atoms with Crippen LogP contribution >= 0.6 is 0 Å². The monoisotopic (exact) mass is 303 g/mol. The summed E-state index contributed by atoms with van der Waals surface area (Å²) in [5.74, 6) is -0.795. The Bertz CT molecular complexity index is 748. The number of hydrogen-bond acceptors (Lipinski definition) is 4. The number of nitrogens with zero attached hydrogens (tertiary/aromatic N) is 1. The van der Waals surface area contributed by atoms with E-state index in [2.05, 4.69) is 0 Å². The van der Waals surface area contributed by atoms with Gasteiger partial charge in [-0.25, -0.2) is 0 Å². The highest BCUT2D eigenvalue weighted by molar-refractivity contribution is 6.00. The lowest BCUT2D eigenvalue weighted by atomic mass is 10.1. The second-order valence-electron chi connectivity index (χ2n) is 5.47. The van der Waals surface area contributed by atoms with Crippen molar-refractivity contribution in [2.75, 3.05) is 20.2 Å². The predicted molar refractivity (Wildman–Crippen MR) is 79.1 cm³/mol. The average Bonchev–Trinajstić information content (AvgIpc) is 3.12. The molecule has 1 aromatic carbocycles. The maximum atomic E-state index is 12.6. The van der Waals surface area contributed by atoms with E-state index in [1.165, 1.54) is 4.90 Å². The normalized spacial score (nSPS) is 17.9. The van der Waals surface area contributed by atoms with Gasteiger partial charge in [-0.3, -0.25) is 9.59 Å². The Morgan fingerprint density at radius 2 is 2.18 bits per heavy atom. The maximum absolute atomic E-state index is 12.6. The number of carboxylic acid groups (broad SMARTS) is 1. The van der Waals surface area contributed by atoms with Crippen LogP contribution in [0.5, 0.6) is 5.75 Å². The summed E-state index contributed by atoms with van der Waals surface area (Å²) in [5, 5.41) is 9.87. The number of likely N-dealkylation sites (tertiary alicyclic amines) is 1. The third-order valence-corrected chi connectivity index (χ3v) is 4.17. The molecule has 1 aliphatic rings. The third-order valence-electron chi connectivity index (χ3n) is 4.17. The number of aliphatic carboxylic acids is 1. The fourth-order valence-electron chi connectivity index (χ4n) is 2.87. The fraction of sp³-hybridized carbons (Fsp3) is 0.375. The number of carbonyl (C=O) groups is 2. The van der Waals surface area contributed by atoms with E-state index < -0.39 is 11.9 Å². The molecule has 1 amide bonds. The van der Waals surface area contributed by atoms with E-state index in [4.69, 9.17) is 14.3 Å². The summed E-state index contributed by atoms with van der Waals surface area (Å²) in [6.45, 7) is 2.48. The number of hydrogen-bond donors (Lipinski definition) is 1. The summed E-state index contributed by atoms with van der Waals surface area (Å²) < 4.78 is 11.0. The lowest BCUT2D eigenvalue weighted by molar-refractivity contribution is -0.141. The molecule has 0 bridgehead atoms. The molecule has 1 fully saturated rings. The van der Waals surface area contributed by atoms with Gasteiger partial charge in [-0.05, 0) is 19.4 Å². The number of amides is 1. The Labute approximate surface area is 127 Å². The van der Waals surface area contributed by atoms with Crippen LogP contribution in [0.3, 0.4) is 0 Å². The van der Waals surface area contributed by atoms with Gasteiger partial charge in [0.15, 0.2) is 17.1 Å². The molecule has 1 N–H and O–H groups in total. The van der Waals surface area contributed by atoms with Gasteiger partial charge in [-0.2, -0.15) is 0 Å². The molecule has 0 aliphatic carbocycles. The van der Waals surface area contributed by atoms with Gasteiger partial charge in [-0.1, -0.05) is 12.1 Å². The van der Waals surface area contributed by atoms with Crippen molar-refractivity contribution in [3.63, 3.8) is 0 Å².